The minimum absolute atomic E-state index is 0.159. The number of hydrogen-bond acceptors (Lipinski definition) is 7. The van der Waals surface area contributed by atoms with Gasteiger partial charge < -0.3 is 24.8 Å². The van der Waals surface area contributed by atoms with E-state index in [0.29, 0.717) is 12.0 Å². The zero-order valence-corrected chi connectivity index (χ0v) is 14.6. The summed E-state index contributed by atoms with van der Waals surface area (Å²) >= 11 is 0. The van der Waals surface area contributed by atoms with Gasteiger partial charge in [0, 0.05) is 5.57 Å². The van der Waals surface area contributed by atoms with E-state index in [9.17, 15) is 19.8 Å². The summed E-state index contributed by atoms with van der Waals surface area (Å²) in [6.45, 7) is 6.85. The maximum atomic E-state index is 12.1. The second-order valence-electron chi connectivity index (χ2n) is 6.97. The van der Waals surface area contributed by atoms with Crippen molar-refractivity contribution in [3.05, 3.63) is 47.3 Å². The van der Waals surface area contributed by atoms with Crippen LogP contribution in [-0.4, -0.2) is 51.7 Å². The lowest BCUT2D eigenvalue weighted by Gasteiger charge is -2.35. The third-order valence-electron chi connectivity index (χ3n) is 5.52. The fourth-order valence-electron chi connectivity index (χ4n) is 4.11. The molecule has 0 spiro atoms. The average molecular weight is 362 g/mol. The van der Waals surface area contributed by atoms with E-state index in [-0.39, 0.29) is 5.57 Å². The fraction of sp³-hybridized carbons (Fsp3) is 0.474. The number of aliphatic hydroxyl groups excluding tert-OH is 2. The van der Waals surface area contributed by atoms with Crippen LogP contribution in [0.1, 0.15) is 20.3 Å². The maximum Gasteiger partial charge on any atom is 0.373 e. The summed E-state index contributed by atoms with van der Waals surface area (Å²) in [6.07, 6.45) is 3.11. The molecule has 0 aromatic rings. The Morgan fingerprint density at radius 3 is 2.85 bits per heavy atom. The molecule has 0 radical (unpaired) electrons. The van der Waals surface area contributed by atoms with Gasteiger partial charge in [-0.25, -0.2) is 9.59 Å². The van der Waals surface area contributed by atoms with Crippen LogP contribution in [0.5, 0.6) is 0 Å². The van der Waals surface area contributed by atoms with Gasteiger partial charge >= 0.3 is 11.9 Å². The molecule has 1 heterocycles. The van der Waals surface area contributed by atoms with Crippen LogP contribution < -0.4 is 0 Å². The zero-order chi connectivity index (χ0) is 19.2. The van der Waals surface area contributed by atoms with Crippen molar-refractivity contribution in [2.75, 3.05) is 6.61 Å². The van der Waals surface area contributed by atoms with Gasteiger partial charge in [0.15, 0.2) is 5.76 Å². The fourth-order valence-corrected chi connectivity index (χ4v) is 4.11. The number of ether oxygens (including phenoxy) is 2. The van der Waals surface area contributed by atoms with Gasteiger partial charge in [0.05, 0.1) is 24.0 Å². The molecule has 1 fully saturated rings. The highest BCUT2D eigenvalue weighted by Crippen LogP contribution is 2.51. The summed E-state index contributed by atoms with van der Waals surface area (Å²) in [5.41, 5.74) is 0.415. The molecule has 0 amide bonds. The molecule has 3 aliphatic rings. The summed E-state index contributed by atoms with van der Waals surface area (Å²) in [5, 5.41) is 29.6. The van der Waals surface area contributed by atoms with Gasteiger partial charge in [0.25, 0.3) is 0 Å². The second kappa shape index (κ2) is 6.41. The number of rotatable bonds is 3. The molecular weight excluding hydrogens is 340 g/mol. The first-order valence-corrected chi connectivity index (χ1v) is 8.39. The number of aliphatic hydroxyl groups is 3. The normalized spacial score (nSPS) is 36.5. The standard InChI is InChI=1S/C19H22O7/c1-9-4-6-19(24)10(2)8-13(25-18(23)12(21)5-7-20)14-11(3)17(22)26-16(14)15(9)19/h4-5,8,13-16,20-21,24H,3,6-7H2,1-2H3/b12-5-/t13-,14+,15-,16+,19-/m1/s1. The number of esters is 2. The van der Waals surface area contributed by atoms with Gasteiger partial charge in [-0.3, -0.25) is 0 Å². The summed E-state index contributed by atoms with van der Waals surface area (Å²) in [5.74, 6) is -3.50. The molecule has 1 saturated heterocycles. The van der Waals surface area contributed by atoms with Crippen LogP contribution in [0.4, 0.5) is 0 Å². The number of carbonyl (C=O) groups is 2. The first-order chi connectivity index (χ1) is 12.2. The summed E-state index contributed by atoms with van der Waals surface area (Å²) in [7, 11) is 0. The molecular formula is C19H22O7. The number of carbonyl (C=O) groups excluding carboxylic acids is 2. The van der Waals surface area contributed by atoms with E-state index in [1.807, 2.05) is 13.0 Å². The lowest BCUT2D eigenvalue weighted by atomic mass is 9.76. The summed E-state index contributed by atoms with van der Waals surface area (Å²) in [6, 6.07) is 0. The van der Waals surface area contributed by atoms with Crippen molar-refractivity contribution in [3.63, 3.8) is 0 Å². The molecule has 3 rings (SSSR count). The minimum Gasteiger partial charge on any atom is -0.502 e. The van der Waals surface area contributed by atoms with Gasteiger partial charge in [-0.2, -0.15) is 0 Å². The SMILES string of the molecule is C=C1C(=O)O[C@H]2[C@@H]1[C@H](OC(=O)/C(O)=C/CO)C=C(C)[C@]1(O)CC=C(C)[C@H]21. The van der Waals surface area contributed by atoms with E-state index < -0.39 is 53.9 Å². The first kappa shape index (κ1) is 18.4. The molecule has 5 atom stereocenters. The molecule has 0 aromatic heterocycles. The number of hydrogen-bond donors (Lipinski definition) is 3. The average Bonchev–Trinajstić information content (AvgIpc) is 3.01. The van der Waals surface area contributed by atoms with Gasteiger partial charge in [0.2, 0.25) is 0 Å². The molecule has 0 saturated carbocycles. The van der Waals surface area contributed by atoms with Crippen molar-refractivity contribution < 1.29 is 34.4 Å². The van der Waals surface area contributed by atoms with Gasteiger partial charge in [0.1, 0.15) is 12.2 Å². The van der Waals surface area contributed by atoms with E-state index in [1.54, 1.807) is 13.0 Å². The second-order valence-corrected chi connectivity index (χ2v) is 6.97. The van der Waals surface area contributed by atoms with Crippen molar-refractivity contribution in [1.82, 2.24) is 0 Å². The van der Waals surface area contributed by atoms with Crippen molar-refractivity contribution in [1.29, 1.82) is 0 Å². The lowest BCUT2D eigenvalue weighted by molar-refractivity contribution is -0.149. The monoisotopic (exact) mass is 362 g/mol. The predicted octanol–water partition coefficient (Wildman–Crippen LogP) is 1.09. The highest BCUT2D eigenvalue weighted by molar-refractivity contribution is 5.91. The molecule has 0 aromatic carbocycles. The van der Waals surface area contributed by atoms with Gasteiger partial charge in [-0.05, 0) is 38.0 Å². The van der Waals surface area contributed by atoms with Crippen molar-refractivity contribution in [3.8, 4) is 0 Å². The Labute approximate surface area is 150 Å². The third kappa shape index (κ3) is 2.68. The van der Waals surface area contributed by atoms with Crippen LogP contribution in [0.3, 0.4) is 0 Å². The van der Waals surface area contributed by atoms with Crippen LogP contribution >= 0.6 is 0 Å². The van der Waals surface area contributed by atoms with Crippen LogP contribution in [0, 0.1) is 11.8 Å². The van der Waals surface area contributed by atoms with Crippen molar-refractivity contribution in [2.45, 2.75) is 38.1 Å². The molecule has 2 aliphatic carbocycles. The molecule has 7 nitrogen and oxygen atoms in total. The predicted molar refractivity (Wildman–Crippen MR) is 90.8 cm³/mol. The van der Waals surface area contributed by atoms with E-state index >= 15 is 0 Å². The summed E-state index contributed by atoms with van der Waals surface area (Å²) in [4.78, 5) is 24.2. The molecule has 26 heavy (non-hydrogen) atoms. The Morgan fingerprint density at radius 1 is 1.50 bits per heavy atom. The Kier molecular flexibility index (Phi) is 4.54. The first-order valence-electron chi connectivity index (χ1n) is 8.39. The molecule has 0 bridgehead atoms. The van der Waals surface area contributed by atoms with Crippen LogP contribution in [-0.2, 0) is 19.1 Å². The Hall–Kier alpha value is -2.38. The van der Waals surface area contributed by atoms with Gasteiger partial charge in [-0.1, -0.05) is 18.2 Å². The smallest absolute Gasteiger partial charge is 0.373 e. The molecule has 140 valence electrons. The van der Waals surface area contributed by atoms with Crippen LogP contribution in [0.15, 0.2) is 47.3 Å². The maximum absolute atomic E-state index is 12.1. The molecule has 3 N–H and O–H groups in total. The van der Waals surface area contributed by atoms with E-state index in [2.05, 4.69) is 6.58 Å². The quantitative estimate of drug-likeness (QED) is 0.298. The van der Waals surface area contributed by atoms with E-state index in [1.165, 1.54) is 0 Å². The van der Waals surface area contributed by atoms with E-state index in [4.69, 9.17) is 14.6 Å². The van der Waals surface area contributed by atoms with Crippen molar-refractivity contribution >= 4 is 11.9 Å². The van der Waals surface area contributed by atoms with Crippen LogP contribution in [0.2, 0.25) is 0 Å². The largest absolute Gasteiger partial charge is 0.502 e. The molecule has 0 unspecified atom stereocenters. The van der Waals surface area contributed by atoms with Crippen LogP contribution in [0.25, 0.3) is 0 Å². The Balaban J connectivity index is 2.02. The molecule has 1 aliphatic heterocycles. The zero-order valence-electron chi connectivity index (χ0n) is 14.6. The van der Waals surface area contributed by atoms with Crippen molar-refractivity contribution in [2.24, 2.45) is 11.8 Å². The topological polar surface area (TPSA) is 113 Å². The number of fused-ring (bicyclic) bond motifs is 3. The summed E-state index contributed by atoms with van der Waals surface area (Å²) < 4.78 is 10.9. The third-order valence-corrected chi connectivity index (χ3v) is 5.52. The lowest BCUT2D eigenvalue weighted by Crippen LogP contribution is -2.44. The highest BCUT2D eigenvalue weighted by atomic mass is 16.6. The molecule has 7 heteroatoms. The Bertz CT molecular complexity index is 760. The van der Waals surface area contributed by atoms with E-state index in [0.717, 1.165) is 11.6 Å². The minimum atomic E-state index is -1.23. The Morgan fingerprint density at radius 2 is 2.19 bits per heavy atom. The highest BCUT2D eigenvalue weighted by Gasteiger charge is 2.58. The van der Waals surface area contributed by atoms with Gasteiger partial charge in [-0.15, -0.1) is 0 Å².